The molecular weight excluding hydrogens is 198 g/mol. The Morgan fingerprint density at radius 2 is 2.31 bits per heavy atom. The van der Waals surface area contributed by atoms with Gasteiger partial charge < -0.3 is 10.2 Å². The SMILES string of the molecule is CCNC(C#N)CN1CCc2ccccc21. The van der Waals surface area contributed by atoms with Crippen LogP contribution in [0.4, 0.5) is 5.69 Å². The maximum absolute atomic E-state index is 9.03. The van der Waals surface area contributed by atoms with Gasteiger partial charge in [0.1, 0.15) is 6.04 Å². The van der Waals surface area contributed by atoms with Gasteiger partial charge >= 0.3 is 0 Å². The topological polar surface area (TPSA) is 39.1 Å². The van der Waals surface area contributed by atoms with Crippen molar-refractivity contribution >= 4 is 5.69 Å². The normalized spacial score (nSPS) is 15.6. The van der Waals surface area contributed by atoms with Crippen LogP contribution in [0.15, 0.2) is 24.3 Å². The summed E-state index contributed by atoms with van der Waals surface area (Å²) in [5.41, 5.74) is 2.69. The minimum Gasteiger partial charge on any atom is -0.368 e. The number of nitrogens with zero attached hydrogens (tertiary/aromatic N) is 2. The van der Waals surface area contributed by atoms with Crippen molar-refractivity contribution in [2.75, 3.05) is 24.5 Å². The first-order chi connectivity index (χ1) is 7.85. The van der Waals surface area contributed by atoms with Crippen LogP contribution in [0.1, 0.15) is 12.5 Å². The smallest absolute Gasteiger partial charge is 0.113 e. The maximum Gasteiger partial charge on any atom is 0.113 e. The lowest BCUT2D eigenvalue weighted by Crippen LogP contribution is -2.39. The average Bonchev–Trinajstić information content (AvgIpc) is 2.72. The minimum atomic E-state index is -0.0730. The first kappa shape index (κ1) is 11.0. The highest BCUT2D eigenvalue weighted by Crippen LogP contribution is 2.27. The third kappa shape index (κ3) is 2.17. The molecule has 0 bridgehead atoms. The fourth-order valence-electron chi connectivity index (χ4n) is 2.21. The molecule has 1 N–H and O–H groups in total. The van der Waals surface area contributed by atoms with E-state index in [2.05, 4.69) is 40.6 Å². The summed E-state index contributed by atoms with van der Waals surface area (Å²) in [5.74, 6) is 0. The van der Waals surface area contributed by atoms with Crippen LogP contribution in [-0.4, -0.2) is 25.7 Å². The lowest BCUT2D eigenvalue weighted by molar-refractivity contribution is 0.608. The van der Waals surface area contributed by atoms with Gasteiger partial charge in [0.25, 0.3) is 0 Å². The third-order valence-electron chi connectivity index (χ3n) is 2.99. The molecule has 1 aliphatic rings. The van der Waals surface area contributed by atoms with Crippen molar-refractivity contribution in [1.82, 2.24) is 5.32 Å². The standard InChI is InChI=1S/C13H17N3/c1-2-15-12(9-14)10-16-8-7-11-5-3-4-6-13(11)16/h3-6,12,15H,2,7-8,10H2,1H3. The predicted molar refractivity (Wildman–Crippen MR) is 65.4 cm³/mol. The van der Waals surface area contributed by atoms with Crippen LogP contribution in [-0.2, 0) is 6.42 Å². The molecule has 0 aliphatic carbocycles. The van der Waals surface area contributed by atoms with E-state index in [-0.39, 0.29) is 6.04 Å². The van der Waals surface area contributed by atoms with Gasteiger partial charge in [0.2, 0.25) is 0 Å². The van der Waals surface area contributed by atoms with E-state index < -0.39 is 0 Å². The van der Waals surface area contributed by atoms with Gasteiger partial charge in [-0.25, -0.2) is 0 Å². The molecule has 84 valence electrons. The molecule has 1 aliphatic heterocycles. The van der Waals surface area contributed by atoms with Crippen LogP contribution >= 0.6 is 0 Å². The van der Waals surface area contributed by atoms with E-state index in [4.69, 9.17) is 5.26 Å². The number of nitriles is 1. The Morgan fingerprint density at radius 3 is 3.06 bits per heavy atom. The molecule has 0 fully saturated rings. The molecule has 0 saturated carbocycles. The molecule has 0 radical (unpaired) electrons. The van der Waals surface area contributed by atoms with E-state index in [1.165, 1.54) is 11.3 Å². The molecule has 0 aromatic heterocycles. The highest BCUT2D eigenvalue weighted by atomic mass is 15.2. The number of para-hydroxylation sites is 1. The third-order valence-corrected chi connectivity index (χ3v) is 2.99. The zero-order valence-corrected chi connectivity index (χ0v) is 9.61. The lowest BCUT2D eigenvalue weighted by Gasteiger charge is -2.22. The van der Waals surface area contributed by atoms with E-state index in [1.807, 2.05) is 6.92 Å². The Kier molecular flexibility index (Phi) is 3.43. The van der Waals surface area contributed by atoms with Gasteiger partial charge in [-0.15, -0.1) is 0 Å². The lowest BCUT2D eigenvalue weighted by atomic mass is 10.2. The summed E-state index contributed by atoms with van der Waals surface area (Å²) in [6.07, 6.45) is 1.10. The minimum absolute atomic E-state index is 0.0730. The van der Waals surface area contributed by atoms with E-state index in [0.717, 1.165) is 26.1 Å². The molecule has 0 amide bonds. The van der Waals surface area contributed by atoms with Crippen molar-refractivity contribution in [1.29, 1.82) is 5.26 Å². The summed E-state index contributed by atoms with van der Waals surface area (Å²) in [4.78, 5) is 2.30. The van der Waals surface area contributed by atoms with Gasteiger partial charge in [-0.3, -0.25) is 0 Å². The van der Waals surface area contributed by atoms with Gasteiger partial charge in [-0.1, -0.05) is 25.1 Å². The second kappa shape index (κ2) is 5.00. The fourth-order valence-corrected chi connectivity index (χ4v) is 2.21. The summed E-state index contributed by atoms with van der Waals surface area (Å²) in [5, 5.41) is 12.2. The molecule has 1 aromatic rings. The molecule has 16 heavy (non-hydrogen) atoms. The van der Waals surface area contributed by atoms with Crippen LogP contribution < -0.4 is 10.2 Å². The fraction of sp³-hybridized carbons (Fsp3) is 0.462. The number of rotatable bonds is 4. The van der Waals surface area contributed by atoms with Crippen LogP contribution in [0.25, 0.3) is 0 Å². The van der Waals surface area contributed by atoms with E-state index in [1.54, 1.807) is 0 Å². The van der Waals surface area contributed by atoms with E-state index >= 15 is 0 Å². The number of hydrogen-bond acceptors (Lipinski definition) is 3. The van der Waals surface area contributed by atoms with Crippen LogP contribution in [0.2, 0.25) is 0 Å². The summed E-state index contributed by atoms with van der Waals surface area (Å²) in [6, 6.07) is 10.7. The average molecular weight is 215 g/mol. The van der Waals surface area contributed by atoms with Gasteiger partial charge in [0.05, 0.1) is 6.07 Å². The Hall–Kier alpha value is -1.53. The zero-order valence-electron chi connectivity index (χ0n) is 9.61. The number of benzene rings is 1. The number of anilines is 1. The largest absolute Gasteiger partial charge is 0.368 e. The van der Waals surface area contributed by atoms with Crippen molar-refractivity contribution in [3.8, 4) is 6.07 Å². The van der Waals surface area contributed by atoms with Crippen molar-refractivity contribution in [3.63, 3.8) is 0 Å². The summed E-state index contributed by atoms with van der Waals surface area (Å²) in [7, 11) is 0. The molecule has 3 nitrogen and oxygen atoms in total. The molecule has 0 spiro atoms. The molecule has 3 heteroatoms. The molecule has 1 heterocycles. The van der Waals surface area contributed by atoms with Crippen LogP contribution in [0.3, 0.4) is 0 Å². The Morgan fingerprint density at radius 1 is 1.50 bits per heavy atom. The number of fused-ring (bicyclic) bond motifs is 1. The van der Waals surface area contributed by atoms with Crippen molar-refractivity contribution in [2.45, 2.75) is 19.4 Å². The van der Waals surface area contributed by atoms with Gasteiger partial charge in [0, 0.05) is 18.8 Å². The highest BCUT2D eigenvalue weighted by molar-refractivity contribution is 5.58. The molecule has 1 aromatic carbocycles. The number of likely N-dealkylation sites (N-methyl/N-ethyl adjacent to an activating group) is 1. The first-order valence-corrected chi connectivity index (χ1v) is 5.81. The molecule has 2 rings (SSSR count). The van der Waals surface area contributed by atoms with Crippen LogP contribution in [0.5, 0.6) is 0 Å². The Balaban J connectivity index is 2.05. The molecule has 1 unspecified atom stereocenters. The molecule has 0 saturated heterocycles. The van der Waals surface area contributed by atoms with Gasteiger partial charge in [-0.2, -0.15) is 5.26 Å². The van der Waals surface area contributed by atoms with E-state index in [9.17, 15) is 0 Å². The predicted octanol–water partition coefficient (Wildman–Crippen LogP) is 1.55. The van der Waals surface area contributed by atoms with Gasteiger partial charge in [0.15, 0.2) is 0 Å². The first-order valence-electron chi connectivity index (χ1n) is 5.81. The zero-order chi connectivity index (χ0) is 11.4. The van der Waals surface area contributed by atoms with Crippen molar-refractivity contribution < 1.29 is 0 Å². The Bertz CT molecular complexity index is 394. The monoisotopic (exact) mass is 215 g/mol. The van der Waals surface area contributed by atoms with E-state index in [0.29, 0.717) is 0 Å². The maximum atomic E-state index is 9.03. The number of nitrogens with one attached hydrogen (secondary N) is 1. The van der Waals surface area contributed by atoms with Crippen molar-refractivity contribution in [2.24, 2.45) is 0 Å². The second-order valence-electron chi connectivity index (χ2n) is 4.06. The molecular formula is C13H17N3. The second-order valence-corrected chi connectivity index (χ2v) is 4.06. The van der Waals surface area contributed by atoms with Crippen LogP contribution in [0, 0.1) is 11.3 Å². The molecule has 1 atom stereocenters. The highest BCUT2D eigenvalue weighted by Gasteiger charge is 2.20. The Labute approximate surface area is 96.7 Å². The van der Waals surface area contributed by atoms with Crippen molar-refractivity contribution in [3.05, 3.63) is 29.8 Å². The summed E-state index contributed by atoms with van der Waals surface area (Å²) >= 11 is 0. The summed E-state index contributed by atoms with van der Waals surface area (Å²) in [6.45, 7) is 4.68. The quantitative estimate of drug-likeness (QED) is 0.828. The van der Waals surface area contributed by atoms with Gasteiger partial charge in [-0.05, 0) is 24.6 Å². The number of hydrogen-bond donors (Lipinski definition) is 1. The summed E-state index contributed by atoms with van der Waals surface area (Å²) < 4.78 is 0.